The van der Waals surface area contributed by atoms with E-state index in [1.807, 2.05) is 0 Å². The largest absolute Gasteiger partial charge is 0.413 e. The van der Waals surface area contributed by atoms with E-state index in [1.54, 1.807) is 0 Å². The van der Waals surface area contributed by atoms with Crippen LogP contribution in [0.4, 0.5) is 0 Å². The molecule has 3 atom stereocenters. The third kappa shape index (κ3) is 12.5. The van der Waals surface area contributed by atoms with Gasteiger partial charge in [0.05, 0.1) is 18.3 Å². The topological polar surface area (TPSA) is 36.9 Å². The summed E-state index contributed by atoms with van der Waals surface area (Å²) in [6, 6.07) is 1.13. The van der Waals surface area contributed by atoms with Crippen LogP contribution in [0.2, 0.25) is 61.9 Å². The maximum Gasteiger partial charge on any atom is 0.192 e. The summed E-state index contributed by atoms with van der Waals surface area (Å²) in [6.07, 6.45) is 6.80. The van der Waals surface area contributed by atoms with Crippen LogP contribution in [0.25, 0.3) is 0 Å². The smallest absolute Gasteiger partial charge is 0.192 e. The number of rotatable bonds is 14. The van der Waals surface area contributed by atoms with E-state index in [0.29, 0.717) is 12.8 Å². The van der Waals surface area contributed by atoms with Crippen LogP contribution in [0, 0.1) is 12.3 Å². The van der Waals surface area contributed by atoms with Gasteiger partial charge in [0.2, 0.25) is 0 Å². The summed E-state index contributed by atoms with van der Waals surface area (Å²) in [5, 5.41) is 0.259. The van der Waals surface area contributed by atoms with Gasteiger partial charge in [0.15, 0.2) is 16.6 Å². The molecule has 0 fully saturated rings. The van der Waals surface area contributed by atoms with Crippen molar-refractivity contribution in [2.45, 2.75) is 142 Å². The molecule has 0 bridgehead atoms. The van der Waals surface area contributed by atoms with Gasteiger partial charge < -0.3 is 18.3 Å². The van der Waals surface area contributed by atoms with Gasteiger partial charge in [0, 0.05) is 27.5 Å². The summed E-state index contributed by atoms with van der Waals surface area (Å²) in [5.41, 5.74) is 0. The van der Waals surface area contributed by atoms with Gasteiger partial charge in [-0.2, -0.15) is 0 Å². The second kappa shape index (κ2) is 12.8. The van der Waals surface area contributed by atoms with Crippen LogP contribution in [0.5, 0.6) is 0 Å². The minimum absolute atomic E-state index is 0.0478. The molecule has 33 heavy (non-hydrogen) atoms. The average molecular weight is 517 g/mol. The monoisotopic (exact) mass is 516 g/mol. The first-order valence-corrected chi connectivity index (χ1v) is 22.1. The van der Waals surface area contributed by atoms with E-state index in [0.717, 1.165) is 12.7 Å². The van der Waals surface area contributed by atoms with Crippen molar-refractivity contribution in [3.05, 3.63) is 0 Å². The fraction of sp³-hybridized carbons (Fsp3) is 0.923. The highest BCUT2D eigenvalue weighted by molar-refractivity contribution is 6.76. The highest BCUT2D eigenvalue weighted by atomic mass is 28.4. The van der Waals surface area contributed by atoms with E-state index >= 15 is 0 Å². The summed E-state index contributed by atoms with van der Waals surface area (Å²) >= 11 is 0. The lowest BCUT2D eigenvalue weighted by atomic mass is 10.1. The highest BCUT2D eigenvalue weighted by Gasteiger charge is 2.42. The lowest BCUT2D eigenvalue weighted by Crippen LogP contribution is -2.49. The second-order valence-corrected chi connectivity index (χ2v) is 28.9. The minimum Gasteiger partial charge on any atom is -0.413 e. The summed E-state index contributed by atoms with van der Waals surface area (Å²) in [6.45, 7) is 32.9. The Morgan fingerprint density at radius 1 is 0.818 bits per heavy atom. The molecular formula is C26H56O4Si3. The quantitative estimate of drug-likeness (QED) is 0.102. The Morgan fingerprint density at radius 2 is 1.30 bits per heavy atom. The molecule has 0 aromatic rings. The van der Waals surface area contributed by atoms with Gasteiger partial charge in [-0.3, -0.25) is 0 Å². The van der Waals surface area contributed by atoms with E-state index in [1.165, 1.54) is 0 Å². The molecule has 0 saturated heterocycles. The predicted octanol–water partition coefficient (Wildman–Crippen LogP) is 7.90. The maximum absolute atomic E-state index is 6.73. The van der Waals surface area contributed by atoms with Crippen LogP contribution in [-0.4, -0.2) is 56.4 Å². The van der Waals surface area contributed by atoms with E-state index in [4.69, 9.17) is 24.7 Å². The van der Waals surface area contributed by atoms with E-state index in [-0.39, 0.29) is 35.2 Å². The first-order valence-electron chi connectivity index (χ1n) is 12.6. The first-order chi connectivity index (χ1) is 14.6. The van der Waals surface area contributed by atoms with Crippen molar-refractivity contribution < 1.29 is 18.3 Å². The summed E-state index contributed by atoms with van der Waals surface area (Å²) in [7, 11) is -5.03. The SMILES string of the molecule is C#CC[C@@H](C[C@@H](OCOCC[Si](C)(C)C)[C@@H](C)O[Si](C)(C)C(C)(C)C)O[Si](C)(C)C(C)(C)C. The van der Waals surface area contributed by atoms with Gasteiger partial charge in [-0.1, -0.05) is 61.2 Å². The molecule has 7 heteroatoms. The van der Waals surface area contributed by atoms with Crippen LogP contribution in [0.3, 0.4) is 0 Å². The number of ether oxygens (including phenoxy) is 2. The first kappa shape index (κ1) is 33.1. The van der Waals surface area contributed by atoms with Gasteiger partial charge >= 0.3 is 0 Å². The van der Waals surface area contributed by atoms with Crippen molar-refractivity contribution in [2.75, 3.05) is 13.4 Å². The van der Waals surface area contributed by atoms with Gasteiger partial charge in [0.1, 0.15) is 6.79 Å². The zero-order valence-corrected chi connectivity index (χ0v) is 27.5. The number of terminal acetylenes is 1. The van der Waals surface area contributed by atoms with E-state index in [2.05, 4.69) is 100 Å². The van der Waals surface area contributed by atoms with Crippen molar-refractivity contribution in [3.8, 4) is 12.3 Å². The molecule has 0 aliphatic heterocycles. The fourth-order valence-electron chi connectivity index (χ4n) is 2.84. The molecule has 0 unspecified atom stereocenters. The zero-order valence-electron chi connectivity index (χ0n) is 24.5. The second-order valence-electron chi connectivity index (χ2n) is 13.8. The molecule has 0 amide bonds. The Morgan fingerprint density at radius 3 is 1.73 bits per heavy atom. The third-order valence-electron chi connectivity index (χ3n) is 7.28. The molecular weight excluding hydrogens is 461 g/mol. The summed E-state index contributed by atoms with van der Waals surface area (Å²) < 4.78 is 25.6. The van der Waals surface area contributed by atoms with Crippen molar-refractivity contribution in [2.24, 2.45) is 0 Å². The lowest BCUT2D eigenvalue weighted by molar-refractivity contribution is -0.125. The maximum atomic E-state index is 6.73. The molecule has 4 nitrogen and oxygen atoms in total. The molecule has 196 valence electrons. The van der Waals surface area contributed by atoms with Crippen molar-refractivity contribution in [1.82, 2.24) is 0 Å². The molecule has 0 spiro atoms. The van der Waals surface area contributed by atoms with Gasteiger partial charge in [-0.05, 0) is 49.2 Å². The van der Waals surface area contributed by atoms with Crippen LogP contribution in [0.1, 0.15) is 61.3 Å². The Bertz CT molecular complexity index is 607. The van der Waals surface area contributed by atoms with Crippen LogP contribution in [-0.2, 0) is 18.3 Å². The molecule has 0 aliphatic rings. The third-order valence-corrected chi connectivity index (χ3v) is 18.1. The molecule has 0 saturated carbocycles. The zero-order chi connectivity index (χ0) is 26.3. The van der Waals surface area contributed by atoms with E-state index in [9.17, 15) is 0 Å². The average Bonchev–Trinajstić information content (AvgIpc) is 2.56. The Hall–Kier alpha value is 0.0506. The lowest BCUT2D eigenvalue weighted by Gasteiger charge is -2.42. The van der Waals surface area contributed by atoms with Crippen molar-refractivity contribution in [1.29, 1.82) is 0 Å². The highest BCUT2D eigenvalue weighted by Crippen LogP contribution is 2.40. The molecule has 0 rings (SSSR count). The molecule has 0 N–H and O–H groups in total. The number of hydrogen-bond donors (Lipinski definition) is 0. The molecule has 0 aliphatic carbocycles. The van der Waals surface area contributed by atoms with Gasteiger partial charge in [-0.25, -0.2) is 0 Å². The van der Waals surface area contributed by atoms with Gasteiger partial charge in [0.25, 0.3) is 0 Å². The fourth-order valence-corrected chi connectivity index (χ4v) is 6.40. The molecule has 0 aromatic heterocycles. The summed E-state index contributed by atoms with van der Waals surface area (Å²) in [5.74, 6) is 2.83. The summed E-state index contributed by atoms with van der Waals surface area (Å²) in [4.78, 5) is 0. The molecule has 0 aromatic carbocycles. The predicted molar refractivity (Wildman–Crippen MR) is 152 cm³/mol. The molecule has 0 heterocycles. The van der Waals surface area contributed by atoms with Crippen molar-refractivity contribution in [3.63, 3.8) is 0 Å². The Balaban J connectivity index is 5.49. The van der Waals surface area contributed by atoms with Crippen LogP contribution >= 0.6 is 0 Å². The standard InChI is InChI=1S/C26H56O4Si3/c1-16-17-23(30-33(14,15)26(6,7)8)20-24(28-21-27-18-19-31(9,10)11)22(2)29-32(12,13)25(3,4)5/h1,22-24H,17-21H2,2-15H3/t22-,23+,24-/m1/s1. The van der Waals surface area contributed by atoms with Crippen LogP contribution < -0.4 is 0 Å². The van der Waals surface area contributed by atoms with Gasteiger partial charge in [-0.15, -0.1) is 12.3 Å². The minimum atomic E-state index is -1.96. The van der Waals surface area contributed by atoms with Crippen molar-refractivity contribution >= 4 is 24.7 Å². The molecule has 0 radical (unpaired) electrons. The van der Waals surface area contributed by atoms with E-state index < -0.39 is 24.7 Å². The van der Waals surface area contributed by atoms with Crippen LogP contribution in [0.15, 0.2) is 0 Å². The Labute approximate surface area is 210 Å². The number of hydrogen-bond acceptors (Lipinski definition) is 4. The Kier molecular flexibility index (Phi) is 12.9. The normalized spacial score (nSPS) is 16.9.